The fraction of sp³-hybridized carbons (Fsp3) is 1.00. The summed E-state index contributed by atoms with van der Waals surface area (Å²) < 4.78 is 22.7. The number of ether oxygens (including phenoxy) is 4. The van der Waals surface area contributed by atoms with Crippen LogP contribution in [0, 0.1) is 0 Å². The molecule has 1 atom stereocenters. The Kier molecular flexibility index (Phi) is 8.91. The van der Waals surface area contributed by atoms with Crippen molar-refractivity contribution in [3.8, 4) is 0 Å². The first-order valence-electron chi connectivity index (χ1n) is 7.77. The zero-order chi connectivity index (χ0) is 15.8. The maximum Gasteiger partial charge on any atom is 0.163 e. The Morgan fingerprint density at radius 1 is 1.25 bits per heavy atom. The lowest BCUT2D eigenvalue weighted by Gasteiger charge is -2.27. The minimum absolute atomic E-state index is 0.0327. The van der Waals surface area contributed by atoms with Gasteiger partial charge in [0.25, 0.3) is 0 Å². The Hall–Kier alpha value is -0.160. The second-order valence-electron chi connectivity index (χ2n) is 6.19. The third kappa shape index (κ3) is 8.90. The predicted octanol–water partition coefficient (Wildman–Crippen LogP) is 3.77. The molecule has 0 aromatic rings. The summed E-state index contributed by atoms with van der Waals surface area (Å²) >= 11 is 0. The molecule has 1 rings (SSSR count). The third-order valence-corrected chi connectivity index (χ3v) is 2.88. The molecule has 0 saturated carbocycles. The predicted molar refractivity (Wildman–Crippen MR) is 82.0 cm³/mol. The second-order valence-corrected chi connectivity index (χ2v) is 6.19. The fourth-order valence-electron chi connectivity index (χ4n) is 1.78. The van der Waals surface area contributed by atoms with E-state index in [2.05, 4.69) is 13.8 Å². The first-order valence-corrected chi connectivity index (χ1v) is 7.77. The molecule has 1 saturated heterocycles. The standard InChI is InChI=1S/C14H28O4.C2H6/c1-11(2)15-8-7-13(3,4)16-9-12-10-17-14(5,6)18-12;1-2/h11-12H,7-10H2,1-6H3;1-2H3. The first-order chi connectivity index (χ1) is 9.20. The molecule has 0 N–H and O–H groups in total. The molecule has 0 spiro atoms. The van der Waals surface area contributed by atoms with Gasteiger partial charge in [-0.1, -0.05) is 13.8 Å². The first kappa shape index (κ1) is 19.8. The summed E-state index contributed by atoms with van der Waals surface area (Å²) in [5.74, 6) is -0.473. The molecule has 0 aliphatic carbocycles. The fourth-order valence-corrected chi connectivity index (χ4v) is 1.78. The molecule has 1 aliphatic heterocycles. The van der Waals surface area contributed by atoms with E-state index in [0.29, 0.717) is 13.2 Å². The van der Waals surface area contributed by atoms with Crippen molar-refractivity contribution in [2.45, 2.75) is 85.4 Å². The van der Waals surface area contributed by atoms with Crippen molar-refractivity contribution in [3.63, 3.8) is 0 Å². The second kappa shape index (κ2) is 8.98. The van der Waals surface area contributed by atoms with Crippen molar-refractivity contribution in [2.75, 3.05) is 19.8 Å². The molecular formula is C16H34O4. The van der Waals surface area contributed by atoms with Gasteiger partial charge in [0.2, 0.25) is 0 Å². The maximum atomic E-state index is 5.90. The minimum atomic E-state index is -0.473. The highest BCUT2D eigenvalue weighted by atomic mass is 16.7. The summed E-state index contributed by atoms with van der Waals surface area (Å²) in [5, 5.41) is 0. The van der Waals surface area contributed by atoms with Crippen LogP contribution in [0.1, 0.15) is 61.8 Å². The quantitative estimate of drug-likeness (QED) is 0.715. The van der Waals surface area contributed by atoms with Crippen LogP contribution < -0.4 is 0 Å². The Balaban J connectivity index is 0.00000172. The van der Waals surface area contributed by atoms with E-state index in [0.717, 1.165) is 13.0 Å². The van der Waals surface area contributed by atoms with Crippen LogP contribution in [-0.2, 0) is 18.9 Å². The zero-order valence-corrected chi connectivity index (χ0v) is 14.6. The Morgan fingerprint density at radius 2 is 1.85 bits per heavy atom. The highest BCUT2D eigenvalue weighted by Crippen LogP contribution is 2.24. The van der Waals surface area contributed by atoms with E-state index in [1.165, 1.54) is 0 Å². The van der Waals surface area contributed by atoms with Crippen molar-refractivity contribution in [1.82, 2.24) is 0 Å². The van der Waals surface area contributed by atoms with Crippen molar-refractivity contribution < 1.29 is 18.9 Å². The van der Waals surface area contributed by atoms with E-state index in [1.54, 1.807) is 0 Å². The molecule has 0 aromatic heterocycles. The van der Waals surface area contributed by atoms with E-state index < -0.39 is 5.79 Å². The van der Waals surface area contributed by atoms with Crippen molar-refractivity contribution >= 4 is 0 Å². The normalized spacial score (nSPS) is 21.8. The molecule has 1 heterocycles. The number of hydrogen-bond donors (Lipinski definition) is 0. The maximum absolute atomic E-state index is 5.90. The van der Waals surface area contributed by atoms with Gasteiger partial charge < -0.3 is 18.9 Å². The van der Waals surface area contributed by atoms with Crippen LogP contribution in [0.3, 0.4) is 0 Å². The molecule has 0 amide bonds. The van der Waals surface area contributed by atoms with Crippen LogP contribution in [0.2, 0.25) is 0 Å². The molecule has 0 aromatic carbocycles. The molecule has 0 radical (unpaired) electrons. The van der Waals surface area contributed by atoms with Gasteiger partial charge in [0.15, 0.2) is 5.79 Å². The van der Waals surface area contributed by atoms with Gasteiger partial charge in [-0.15, -0.1) is 0 Å². The van der Waals surface area contributed by atoms with Crippen molar-refractivity contribution in [3.05, 3.63) is 0 Å². The molecule has 122 valence electrons. The summed E-state index contributed by atoms with van der Waals surface area (Å²) in [6.45, 7) is 18.0. The topological polar surface area (TPSA) is 36.9 Å². The van der Waals surface area contributed by atoms with Crippen LogP contribution in [0.4, 0.5) is 0 Å². The van der Waals surface area contributed by atoms with Crippen molar-refractivity contribution in [2.24, 2.45) is 0 Å². The number of hydrogen-bond acceptors (Lipinski definition) is 4. The summed E-state index contributed by atoms with van der Waals surface area (Å²) in [6.07, 6.45) is 1.18. The van der Waals surface area contributed by atoms with E-state index in [9.17, 15) is 0 Å². The Morgan fingerprint density at radius 3 is 2.30 bits per heavy atom. The molecule has 1 aliphatic rings. The lowest BCUT2D eigenvalue weighted by molar-refractivity contribution is -0.154. The van der Waals surface area contributed by atoms with Crippen LogP contribution in [0.15, 0.2) is 0 Å². The summed E-state index contributed by atoms with van der Waals surface area (Å²) in [4.78, 5) is 0. The summed E-state index contributed by atoms with van der Waals surface area (Å²) in [5.41, 5.74) is -0.190. The van der Waals surface area contributed by atoms with E-state index >= 15 is 0 Å². The van der Waals surface area contributed by atoms with Gasteiger partial charge in [0, 0.05) is 6.61 Å². The average molecular weight is 290 g/mol. The average Bonchev–Trinajstić information content (AvgIpc) is 2.69. The van der Waals surface area contributed by atoms with Crippen LogP contribution >= 0.6 is 0 Å². The third-order valence-electron chi connectivity index (χ3n) is 2.88. The SMILES string of the molecule is CC.CC(C)OCCC(C)(C)OCC1COC(C)(C)O1. The largest absolute Gasteiger partial charge is 0.379 e. The van der Waals surface area contributed by atoms with Gasteiger partial charge in [0.05, 0.1) is 24.9 Å². The summed E-state index contributed by atoms with van der Waals surface area (Å²) in [6, 6.07) is 0. The molecule has 4 nitrogen and oxygen atoms in total. The summed E-state index contributed by atoms with van der Waals surface area (Å²) in [7, 11) is 0. The monoisotopic (exact) mass is 290 g/mol. The van der Waals surface area contributed by atoms with Gasteiger partial charge in [-0.2, -0.15) is 0 Å². The molecule has 1 fully saturated rings. The lowest BCUT2D eigenvalue weighted by atomic mass is 10.1. The van der Waals surface area contributed by atoms with Crippen molar-refractivity contribution in [1.29, 1.82) is 0 Å². The van der Waals surface area contributed by atoms with Gasteiger partial charge in [-0.25, -0.2) is 0 Å². The molecule has 1 unspecified atom stereocenters. The molecule has 20 heavy (non-hydrogen) atoms. The Bertz CT molecular complexity index is 249. The lowest BCUT2D eigenvalue weighted by Crippen LogP contribution is -2.32. The van der Waals surface area contributed by atoms with Crippen LogP contribution in [-0.4, -0.2) is 43.4 Å². The van der Waals surface area contributed by atoms with Crippen LogP contribution in [0.5, 0.6) is 0 Å². The van der Waals surface area contributed by atoms with Crippen LogP contribution in [0.25, 0.3) is 0 Å². The van der Waals surface area contributed by atoms with Gasteiger partial charge in [0.1, 0.15) is 6.10 Å². The smallest absolute Gasteiger partial charge is 0.163 e. The zero-order valence-electron chi connectivity index (χ0n) is 14.6. The van der Waals surface area contributed by atoms with Gasteiger partial charge in [-0.3, -0.25) is 0 Å². The van der Waals surface area contributed by atoms with E-state index in [1.807, 2.05) is 41.5 Å². The minimum Gasteiger partial charge on any atom is -0.379 e. The van der Waals surface area contributed by atoms with E-state index in [4.69, 9.17) is 18.9 Å². The van der Waals surface area contributed by atoms with E-state index in [-0.39, 0.29) is 17.8 Å². The Labute approximate surface area is 125 Å². The van der Waals surface area contributed by atoms with Gasteiger partial charge in [-0.05, 0) is 48.0 Å². The number of rotatable bonds is 7. The molecular weight excluding hydrogens is 256 g/mol. The highest BCUT2D eigenvalue weighted by molar-refractivity contribution is 4.74. The van der Waals surface area contributed by atoms with Gasteiger partial charge >= 0.3 is 0 Å². The molecule has 4 heteroatoms. The highest BCUT2D eigenvalue weighted by Gasteiger charge is 2.33. The molecule has 0 bridgehead atoms.